The maximum absolute atomic E-state index is 12.1. The van der Waals surface area contributed by atoms with Crippen molar-refractivity contribution < 1.29 is 19.4 Å². The van der Waals surface area contributed by atoms with Gasteiger partial charge in [0.05, 0.1) is 13.0 Å². The summed E-state index contributed by atoms with van der Waals surface area (Å²) in [5.74, 6) is -1.37. The summed E-state index contributed by atoms with van der Waals surface area (Å²) in [5, 5.41) is 12.5. The fraction of sp³-hybridized carbons (Fsp3) is 0.944. The van der Waals surface area contributed by atoms with Gasteiger partial charge in [-0.2, -0.15) is 0 Å². The van der Waals surface area contributed by atoms with Crippen molar-refractivity contribution in [2.45, 2.75) is 206 Å². The van der Waals surface area contributed by atoms with E-state index in [1.54, 1.807) is 0 Å². The summed E-state index contributed by atoms with van der Waals surface area (Å²) in [7, 11) is 0. The molecule has 0 aliphatic rings. The Bertz CT molecular complexity index is 554. The number of rotatable bonds is 34. The smallest absolute Gasteiger partial charge is 0.321 e. The van der Waals surface area contributed by atoms with E-state index in [1.807, 2.05) is 0 Å². The highest BCUT2D eigenvalue weighted by Gasteiger charge is 2.21. The molecule has 0 amide bonds. The molecule has 0 saturated heterocycles. The van der Waals surface area contributed by atoms with Crippen LogP contribution in [0.4, 0.5) is 0 Å². The third-order valence-corrected chi connectivity index (χ3v) is 8.35. The topological polar surface area (TPSA) is 75.6 Å². The second-order valence-corrected chi connectivity index (χ2v) is 12.5. The van der Waals surface area contributed by atoms with Gasteiger partial charge in [0.25, 0.3) is 0 Å². The Labute approximate surface area is 255 Å². The first-order valence-corrected chi connectivity index (χ1v) is 18.2. The maximum Gasteiger partial charge on any atom is 0.321 e. The van der Waals surface area contributed by atoms with E-state index in [2.05, 4.69) is 19.2 Å². The molecule has 41 heavy (non-hydrogen) atoms. The fourth-order valence-corrected chi connectivity index (χ4v) is 5.55. The summed E-state index contributed by atoms with van der Waals surface area (Å²) in [4.78, 5) is 23.7. The quantitative estimate of drug-likeness (QED) is 0.0584. The van der Waals surface area contributed by atoms with Crippen molar-refractivity contribution in [2.24, 2.45) is 0 Å². The van der Waals surface area contributed by atoms with Gasteiger partial charge < -0.3 is 15.2 Å². The Morgan fingerprint density at radius 2 is 0.829 bits per heavy atom. The first-order valence-electron chi connectivity index (χ1n) is 18.2. The van der Waals surface area contributed by atoms with Crippen LogP contribution in [0.15, 0.2) is 0 Å². The molecule has 0 bridgehead atoms. The van der Waals surface area contributed by atoms with Gasteiger partial charge in [0.1, 0.15) is 6.04 Å². The van der Waals surface area contributed by atoms with Crippen LogP contribution in [0.25, 0.3) is 0 Å². The van der Waals surface area contributed by atoms with Crippen LogP contribution in [0.3, 0.4) is 0 Å². The molecule has 1 atom stereocenters. The molecule has 0 aliphatic carbocycles. The molecule has 0 rings (SSSR count). The molecule has 0 aliphatic heterocycles. The van der Waals surface area contributed by atoms with Crippen molar-refractivity contribution in [1.29, 1.82) is 0 Å². The van der Waals surface area contributed by atoms with Crippen molar-refractivity contribution in [3.05, 3.63) is 0 Å². The van der Waals surface area contributed by atoms with Crippen LogP contribution in [-0.2, 0) is 14.3 Å². The molecule has 0 aromatic rings. The number of esters is 1. The number of hydrogen-bond acceptors (Lipinski definition) is 4. The largest absolute Gasteiger partial charge is 0.480 e. The first kappa shape index (κ1) is 39.9. The lowest BCUT2D eigenvalue weighted by molar-refractivity contribution is -0.149. The average Bonchev–Trinajstić information content (AvgIpc) is 2.96. The number of carbonyl (C=O) groups is 2. The minimum Gasteiger partial charge on any atom is -0.480 e. The highest BCUT2D eigenvalue weighted by molar-refractivity contribution is 5.81. The highest BCUT2D eigenvalue weighted by Crippen LogP contribution is 2.14. The van der Waals surface area contributed by atoms with E-state index >= 15 is 0 Å². The van der Waals surface area contributed by atoms with Crippen molar-refractivity contribution >= 4 is 11.9 Å². The second-order valence-electron chi connectivity index (χ2n) is 12.5. The number of aliphatic carboxylic acids is 1. The minimum atomic E-state index is -0.969. The van der Waals surface area contributed by atoms with E-state index in [0.29, 0.717) is 13.2 Å². The number of nitrogens with one attached hydrogen (secondary N) is 1. The number of unbranched alkanes of at least 4 members (excludes halogenated alkanes) is 26. The van der Waals surface area contributed by atoms with E-state index in [4.69, 9.17) is 4.74 Å². The second kappa shape index (κ2) is 33.4. The van der Waals surface area contributed by atoms with Gasteiger partial charge in [-0.05, 0) is 19.4 Å². The van der Waals surface area contributed by atoms with Crippen LogP contribution in [0.2, 0.25) is 0 Å². The number of ether oxygens (including phenoxy) is 1. The van der Waals surface area contributed by atoms with Crippen molar-refractivity contribution in [3.63, 3.8) is 0 Å². The van der Waals surface area contributed by atoms with E-state index in [9.17, 15) is 14.7 Å². The molecule has 0 fully saturated rings. The predicted molar refractivity (Wildman–Crippen MR) is 176 cm³/mol. The Morgan fingerprint density at radius 1 is 0.512 bits per heavy atom. The molecular weight excluding hydrogens is 510 g/mol. The van der Waals surface area contributed by atoms with E-state index in [0.717, 1.165) is 25.7 Å². The monoisotopic (exact) mass is 582 g/mol. The summed E-state index contributed by atoms with van der Waals surface area (Å²) >= 11 is 0. The normalized spacial score (nSPS) is 12.0. The molecule has 5 heteroatoms. The molecule has 0 aromatic carbocycles. The van der Waals surface area contributed by atoms with Gasteiger partial charge in [0.2, 0.25) is 0 Å². The van der Waals surface area contributed by atoms with Crippen molar-refractivity contribution in [3.8, 4) is 0 Å². The maximum atomic E-state index is 12.1. The van der Waals surface area contributed by atoms with Crippen LogP contribution in [0.5, 0.6) is 0 Å². The Hall–Kier alpha value is -1.10. The van der Waals surface area contributed by atoms with Crippen LogP contribution in [0.1, 0.15) is 200 Å². The number of carboxylic acids is 1. The molecule has 244 valence electrons. The third kappa shape index (κ3) is 31.7. The molecule has 2 N–H and O–H groups in total. The molecule has 0 heterocycles. The van der Waals surface area contributed by atoms with Crippen molar-refractivity contribution in [1.82, 2.24) is 5.32 Å². The number of carbonyl (C=O) groups excluding carboxylic acids is 1. The van der Waals surface area contributed by atoms with Crippen LogP contribution >= 0.6 is 0 Å². The Morgan fingerprint density at radius 3 is 1.17 bits per heavy atom. The number of carboxylic acid groups (broad SMARTS) is 1. The minimum absolute atomic E-state index is 0.0907. The summed E-state index contributed by atoms with van der Waals surface area (Å²) in [6, 6.07) is -0.846. The first-order chi connectivity index (χ1) is 20.1. The molecule has 0 spiro atoms. The van der Waals surface area contributed by atoms with Gasteiger partial charge in [0.15, 0.2) is 0 Å². The fourth-order valence-electron chi connectivity index (χ4n) is 5.55. The molecule has 0 radical (unpaired) electrons. The highest BCUT2D eigenvalue weighted by atomic mass is 16.5. The Balaban J connectivity index is 3.51. The van der Waals surface area contributed by atoms with E-state index < -0.39 is 18.0 Å². The van der Waals surface area contributed by atoms with Gasteiger partial charge in [-0.15, -0.1) is 0 Å². The van der Waals surface area contributed by atoms with Gasteiger partial charge in [0, 0.05) is 0 Å². The van der Waals surface area contributed by atoms with E-state index in [1.165, 1.54) is 154 Å². The van der Waals surface area contributed by atoms with Crippen LogP contribution < -0.4 is 5.32 Å². The van der Waals surface area contributed by atoms with Crippen LogP contribution in [0, 0.1) is 0 Å². The molecule has 0 unspecified atom stereocenters. The van der Waals surface area contributed by atoms with Gasteiger partial charge in [-0.25, -0.2) is 0 Å². The zero-order valence-electron chi connectivity index (χ0n) is 27.7. The van der Waals surface area contributed by atoms with Crippen LogP contribution in [-0.4, -0.2) is 36.2 Å². The standard InChI is InChI=1S/C36H71NO4/c1-3-5-7-9-11-13-15-17-19-21-23-25-27-29-31-37-34(36(39)40)33-35(38)41-32-30-28-26-24-22-20-18-16-14-12-10-8-6-4-2/h34,37H,3-33H2,1-2H3,(H,39,40)/t34-/m0/s1. The van der Waals surface area contributed by atoms with Gasteiger partial charge >= 0.3 is 11.9 Å². The lowest BCUT2D eigenvalue weighted by atomic mass is 10.0. The molecule has 5 nitrogen and oxygen atoms in total. The Kier molecular flexibility index (Phi) is 32.5. The third-order valence-electron chi connectivity index (χ3n) is 8.35. The molecule has 0 aromatic heterocycles. The van der Waals surface area contributed by atoms with E-state index in [-0.39, 0.29) is 6.42 Å². The predicted octanol–water partition coefficient (Wildman–Crippen LogP) is 10.9. The summed E-state index contributed by atoms with van der Waals surface area (Å²) in [6.45, 7) is 5.58. The molecule has 0 saturated carbocycles. The van der Waals surface area contributed by atoms with Gasteiger partial charge in [-0.3, -0.25) is 9.59 Å². The molecular formula is C36H71NO4. The average molecular weight is 582 g/mol. The summed E-state index contributed by atoms with van der Waals surface area (Å²) in [5.41, 5.74) is 0. The summed E-state index contributed by atoms with van der Waals surface area (Å²) < 4.78 is 5.32. The number of hydrogen-bond donors (Lipinski definition) is 2. The van der Waals surface area contributed by atoms with Gasteiger partial charge in [-0.1, -0.05) is 181 Å². The lowest BCUT2D eigenvalue weighted by Crippen LogP contribution is -2.39. The summed E-state index contributed by atoms with van der Waals surface area (Å²) in [6.07, 6.45) is 36.3. The lowest BCUT2D eigenvalue weighted by Gasteiger charge is -2.14. The zero-order valence-corrected chi connectivity index (χ0v) is 27.7. The zero-order chi connectivity index (χ0) is 30.1. The SMILES string of the molecule is CCCCCCCCCCCCCCCCN[C@@H](CC(=O)OCCCCCCCCCCCCCCCC)C(=O)O. The van der Waals surface area contributed by atoms with Crippen molar-refractivity contribution in [2.75, 3.05) is 13.2 Å².